The maximum Gasteiger partial charge on any atom is 0.0564 e. The van der Waals surface area contributed by atoms with E-state index in [2.05, 4.69) is 77.9 Å². The minimum absolute atomic E-state index is 0. The first-order chi connectivity index (χ1) is 14.5. The highest BCUT2D eigenvalue weighted by molar-refractivity contribution is 6.35. The molecule has 0 amide bonds. The Morgan fingerprint density at radius 3 is 2.48 bits per heavy atom. The van der Waals surface area contributed by atoms with E-state index in [1.54, 1.807) is 0 Å². The molecule has 2 heterocycles. The topological polar surface area (TPSA) is 27.8 Å². The van der Waals surface area contributed by atoms with Gasteiger partial charge < -0.3 is 10.3 Å². The number of nitrogens with one attached hydrogen (secondary N) is 2. The van der Waals surface area contributed by atoms with Gasteiger partial charge in [0.05, 0.1) is 5.54 Å². The van der Waals surface area contributed by atoms with Crippen molar-refractivity contribution in [2.45, 2.75) is 31.2 Å². The van der Waals surface area contributed by atoms with E-state index in [0.717, 1.165) is 30.0 Å². The SMILES string of the molecule is CC1(CCc2ccccc2)NCC(c2ccc(Cl)cc2Cl)c2c1[nH]c1ccccc21.Cl. The maximum absolute atomic E-state index is 6.64. The van der Waals surface area contributed by atoms with Gasteiger partial charge in [-0.15, -0.1) is 12.4 Å². The summed E-state index contributed by atoms with van der Waals surface area (Å²) in [5.41, 5.74) is 6.13. The van der Waals surface area contributed by atoms with Crippen LogP contribution in [0.25, 0.3) is 10.9 Å². The summed E-state index contributed by atoms with van der Waals surface area (Å²) in [6.45, 7) is 3.14. The molecule has 1 aromatic heterocycles. The molecule has 31 heavy (non-hydrogen) atoms. The average Bonchev–Trinajstić information content (AvgIpc) is 3.15. The van der Waals surface area contributed by atoms with Crippen molar-refractivity contribution < 1.29 is 0 Å². The molecule has 2 atom stereocenters. The third kappa shape index (κ3) is 4.10. The Kier molecular flexibility index (Phi) is 6.37. The number of H-pyrrole nitrogens is 1. The van der Waals surface area contributed by atoms with Crippen molar-refractivity contribution in [1.29, 1.82) is 0 Å². The minimum atomic E-state index is -0.139. The van der Waals surface area contributed by atoms with Gasteiger partial charge in [0, 0.05) is 39.1 Å². The number of aryl methyl sites for hydroxylation is 1. The Morgan fingerprint density at radius 2 is 1.71 bits per heavy atom. The van der Waals surface area contributed by atoms with Crippen LogP contribution >= 0.6 is 35.6 Å². The molecule has 5 heteroatoms. The zero-order valence-corrected chi connectivity index (χ0v) is 19.6. The first kappa shape index (κ1) is 22.2. The number of hydrogen-bond donors (Lipinski definition) is 2. The van der Waals surface area contributed by atoms with Gasteiger partial charge in [-0.05, 0) is 54.7 Å². The van der Waals surface area contributed by atoms with Crippen LogP contribution in [0.15, 0.2) is 72.8 Å². The Morgan fingerprint density at radius 1 is 0.968 bits per heavy atom. The molecule has 0 aliphatic carbocycles. The van der Waals surface area contributed by atoms with Gasteiger partial charge in [-0.2, -0.15) is 0 Å². The second-order valence-corrected chi connectivity index (χ2v) is 9.22. The van der Waals surface area contributed by atoms with E-state index >= 15 is 0 Å². The normalized spacial score (nSPS) is 20.3. The second-order valence-electron chi connectivity index (χ2n) is 8.38. The second kappa shape index (κ2) is 8.88. The van der Waals surface area contributed by atoms with Gasteiger partial charge in [0.15, 0.2) is 0 Å². The van der Waals surface area contributed by atoms with Crippen molar-refractivity contribution in [3.05, 3.63) is 105 Å². The Balaban J connectivity index is 0.00000231. The van der Waals surface area contributed by atoms with Gasteiger partial charge in [0.25, 0.3) is 0 Å². The molecule has 2 N–H and O–H groups in total. The monoisotopic (exact) mass is 470 g/mol. The first-order valence-electron chi connectivity index (χ1n) is 10.4. The average molecular weight is 472 g/mol. The predicted octanol–water partition coefficient (Wildman–Crippen LogP) is 7.48. The van der Waals surface area contributed by atoms with Gasteiger partial charge in [-0.3, -0.25) is 0 Å². The lowest BCUT2D eigenvalue weighted by molar-refractivity contribution is 0.306. The highest BCUT2D eigenvalue weighted by Crippen LogP contribution is 2.45. The van der Waals surface area contributed by atoms with Crippen LogP contribution < -0.4 is 5.32 Å². The van der Waals surface area contributed by atoms with Crippen molar-refractivity contribution in [1.82, 2.24) is 10.3 Å². The molecular weight excluding hydrogens is 447 g/mol. The molecule has 0 saturated carbocycles. The predicted molar refractivity (Wildman–Crippen MR) is 134 cm³/mol. The number of rotatable bonds is 4. The lowest BCUT2D eigenvalue weighted by Crippen LogP contribution is -2.47. The van der Waals surface area contributed by atoms with Crippen LogP contribution in [-0.4, -0.2) is 11.5 Å². The molecule has 0 spiro atoms. The van der Waals surface area contributed by atoms with Crippen LogP contribution in [0.3, 0.4) is 0 Å². The van der Waals surface area contributed by atoms with Crippen LogP contribution in [0.5, 0.6) is 0 Å². The van der Waals surface area contributed by atoms with Gasteiger partial charge in [-0.1, -0.05) is 77.8 Å². The summed E-state index contributed by atoms with van der Waals surface area (Å²) in [7, 11) is 0. The number of halogens is 3. The number of aromatic amines is 1. The molecule has 160 valence electrons. The molecule has 0 bridgehead atoms. The Labute approximate surface area is 199 Å². The molecular formula is C26H25Cl3N2. The van der Waals surface area contributed by atoms with Crippen LogP contribution in [0.4, 0.5) is 0 Å². The fourth-order valence-electron chi connectivity index (χ4n) is 4.78. The third-order valence-electron chi connectivity index (χ3n) is 6.44. The Hall–Kier alpha value is -1.97. The molecule has 2 unspecified atom stereocenters. The summed E-state index contributed by atoms with van der Waals surface area (Å²) < 4.78 is 0. The molecule has 3 aromatic carbocycles. The van der Waals surface area contributed by atoms with E-state index in [4.69, 9.17) is 23.2 Å². The van der Waals surface area contributed by atoms with Crippen molar-refractivity contribution >= 4 is 46.5 Å². The fraction of sp³-hybridized carbons (Fsp3) is 0.231. The van der Waals surface area contributed by atoms with E-state index in [0.29, 0.717) is 5.02 Å². The number of para-hydroxylation sites is 1. The summed E-state index contributed by atoms with van der Waals surface area (Å²) >= 11 is 12.8. The lowest BCUT2D eigenvalue weighted by atomic mass is 9.77. The standard InChI is InChI=1S/C26H24Cl2N2.ClH/c1-26(14-13-17-7-3-2-4-8-17)25-24(20-9-5-6-10-23(20)30-25)21(16-29-26)19-12-11-18(27)15-22(19)28;/h2-12,15,21,29-30H,13-14,16H2,1H3;1H. The van der Waals surface area contributed by atoms with E-state index in [-0.39, 0.29) is 23.9 Å². The minimum Gasteiger partial charge on any atom is -0.357 e. The van der Waals surface area contributed by atoms with Crippen molar-refractivity contribution in [2.75, 3.05) is 6.54 Å². The number of benzene rings is 3. The van der Waals surface area contributed by atoms with Crippen LogP contribution in [0.2, 0.25) is 10.0 Å². The lowest BCUT2D eigenvalue weighted by Gasteiger charge is -2.39. The van der Waals surface area contributed by atoms with E-state index < -0.39 is 0 Å². The largest absolute Gasteiger partial charge is 0.357 e. The van der Waals surface area contributed by atoms with Crippen LogP contribution in [-0.2, 0) is 12.0 Å². The van der Waals surface area contributed by atoms with E-state index in [9.17, 15) is 0 Å². The van der Waals surface area contributed by atoms with Crippen LogP contribution in [0.1, 0.15) is 41.6 Å². The summed E-state index contributed by atoms with van der Waals surface area (Å²) in [4.78, 5) is 3.74. The molecule has 1 aliphatic rings. The zero-order valence-electron chi connectivity index (χ0n) is 17.3. The zero-order chi connectivity index (χ0) is 20.7. The molecule has 5 rings (SSSR count). The molecule has 1 aliphatic heterocycles. The highest BCUT2D eigenvalue weighted by Gasteiger charge is 2.39. The van der Waals surface area contributed by atoms with Gasteiger partial charge in [-0.25, -0.2) is 0 Å². The van der Waals surface area contributed by atoms with Crippen molar-refractivity contribution in [3.8, 4) is 0 Å². The van der Waals surface area contributed by atoms with Gasteiger partial charge >= 0.3 is 0 Å². The molecule has 0 saturated heterocycles. The summed E-state index contributed by atoms with van der Waals surface area (Å²) in [5.74, 6) is 0.172. The smallest absolute Gasteiger partial charge is 0.0564 e. The van der Waals surface area contributed by atoms with Crippen LogP contribution in [0, 0.1) is 0 Å². The highest BCUT2D eigenvalue weighted by atomic mass is 35.5. The van der Waals surface area contributed by atoms with Crippen molar-refractivity contribution in [3.63, 3.8) is 0 Å². The molecule has 0 fully saturated rings. The maximum atomic E-state index is 6.64. The first-order valence-corrected chi connectivity index (χ1v) is 11.2. The molecule has 0 radical (unpaired) electrons. The summed E-state index contributed by atoms with van der Waals surface area (Å²) in [5, 5.41) is 6.51. The summed E-state index contributed by atoms with van der Waals surface area (Å²) in [6, 6.07) is 25.1. The van der Waals surface area contributed by atoms with Gasteiger partial charge in [0.1, 0.15) is 0 Å². The quantitative estimate of drug-likeness (QED) is 0.317. The summed E-state index contributed by atoms with van der Waals surface area (Å²) in [6.07, 6.45) is 2.03. The van der Waals surface area contributed by atoms with E-state index in [1.807, 2.05) is 12.1 Å². The Bertz CT molecular complexity index is 1200. The fourth-order valence-corrected chi connectivity index (χ4v) is 5.32. The van der Waals surface area contributed by atoms with Gasteiger partial charge in [0.2, 0.25) is 0 Å². The molecule has 4 aromatic rings. The van der Waals surface area contributed by atoms with Crippen molar-refractivity contribution in [2.24, 2.45) is 0 Å². The third-order valence-corrected chi connectivity index (χ3v) is 7.00. The number of aromatic nitrogens is 1. The van der Waals surface area contributed by atoms with E-state index in [1.165, 1.54) is 27.7 Å². The number of hydrogen-bond acceptors (Lipinski definition) is 1. The number of fused-ring (bicyclic) bond motifs is 3. The molecule has 2 nitrogen and oxygen atoms in total.